The maximum absolute atomic E-state index is 14.6. The summed E-state index contributed by atoms with van der Waals surface area (Å²) in [5, 5.41) is 18.5. The van der Waals surface area contributed by atoms with Crippen molar-refractivity contribution in [1.82, 2.24) is 9.55 Å². The number of alkyl halides is 2. The van der Waals surface area contributed by atoms with E-state index in [-0.39, 0.29) is 4.57 Å². The summed E-state index contributed by atoms with van der Waals surface area (Å²) in [6.07, 6.45) is 0.621. The molecule has 0 bridgehead atoms. The van der Waals surface area contributed by atoms with Crippen molar-refractivity contribution in [2.24, 2.45) is 0 Å². The average Bonchev–Trinajstić information content (AvgIpc) is 2.66. The molecule has 1 aromatic rings. The van der Waals surface area contributed by atoms with Crippen molar-refractivity contribution in [3.8, 4) is 12.3 Å². The number of hydrogen-bond acceptors (Lipinski definition) is 5. The van der Waals surface area contributed by atoms with Gasteiger partial charge in [-0.3, -0.25) is 9.55 Å². The quantitative estimate of drug-likeness (QED) is 0.524. The third-order valence-corrected chi connectivity index (χ3v) is 3.38. The van der Waals surface area contributed by atoms with Gasteiger partial charge in [0.15, 0.2) is 18.1 Å². The number of aliphatic hydroxyl groups excluding tert-OH is 2. The van der Waals surface area contributed by atoms with Gasteiger partial charge in [-0.25, -0.2) is 18.0 Å². The Morgan fingerprint density at radius 2 is 2.24 bits per heavy atom. The Labute approximate surface area is 120 Å². The Hall–Kier alpha value is -1.67. The smallest absolute Gasteiger partial charge is 0.328 e. The van der Waals surface area contributed by atoms with E-state index in [0.717, 1.165) is 0 Å². The van der Waals surface area contributed by atoms with Gasteiger partial charge in [0.05, 0.1) is 6.20 Å². The van der Waals surface area contributed by atoms with Gasteiger partial charge in [0, 0.05) is 0 Å². The molecule has 6 nitrogen and oxygen atoms in total. The van der Waals surface area contributed by atoms with Crippen LogP contribution in [0.15, 0.2) is 11.0 Å². The molecule has 0 amide bonds. The molecule has 1 aliphatic rings. The van der Waals surface area contributed by atoms with Gasteiger partial charge in [0.25, 0.3) is 5.85 Å². The number of rotatable bonds is 2. The van der Waals surface area contributed by atoms with E-state index in [0.29, 0.717) is 6.20 Å². The van der Waals surface area contributed by atoms with Crippen LogP contribution in [0, 0.1) is 22.8 Å². The summed E-state index contributed by atoms with van der Waals surface area (Å²) in [7, 11) is 0. The zero-order valence-electron chi connectivity index (χ0n) is 10.2. The van der Waals surface area contributed by atoms with Gasteiger partial charge in [0.1, 0.15) is 11.2 Å². The van der Waals surface area contributed by atoms with Crippen LogP contribution in [0.3, 0.4) is 0 Å². The molecule has 0 saturated carbocycles. The largest absolute Gasteiger partial charge is 0.390 e. The van der Waals surface area contributed by atoms with Crippen molar-refractivity contribution in [3.63, 3.8) is 0 Å². The molecule has 0 aliphatic carbocycles. The minimum absolute atomic E-state index is 0.283. The number of aromatic nitrogens is 2. The number of nitrogens with zero attached hydrogens (tertiary/aromatic N) is 1. The Morgan fingerprint density at radius 1 is 1.62 bits per heavy atom. The molecular weight excluding hydrogens is 313 g/mol. The van der Waals surface area contributed by atoms with E-state index in [1.165, 1.54) is 5.92 Å². The highest BCUT2D eigenvalue weighted by atomic mass is 32.1. The fourth-order valence-electron chi connectivity index (χ4n) is 1.95. The molecule has 1 aromatic heterocycles. The van der Waals surface area contributed by atoms with Crippen LogP contribution in [0.25, 0.3) is 0 Å². The predicted molar refractivity (Wildman–Crippen MR) is 65.6 cm³/mol. The molecule has 1 aliphatic heterocycles. The Bertz CT molecular complexity index is 729. The van der Waals surface area contributed by atoms with E-state index >= 15 is 0 Å². The van der Waals surface area contributed by atoms with E-state index in [4.69, 9.17) is 11.5 Å². The lowest BCUT2D eigenvalue weighted by Crippen LogP contribution is -2.48. The van der Waals surface area contributed by atoms with Gasteiger partial charge in [-0.15, -0.1) is 6.42 Å². The minimum atomic E-state index is -3.24. The van der Waals surface area contributed by atoms with Crippen LogP contribution in [0.5, 0.6) is 0 Å². The zero-order valence-corrected chi connectivity index (χ0v) is 11.0. The van der Waals surface area contributed by atoms with Crippen molar-refractivity contribution in [1.29, 1.82) is 0 Å². The summed E-state index contributed by atoms with van der Waals surface area (Å²) < 4.78 is 46.3. The third-order valence-electron chi connectivity index (χ3n) is 3.09. The lowest BCUT2D eigenvalue weighted by molar-refractivity contribution is -0.207. The first-order chi connectivity index (χ1) is 9.69. The molecule has 0 radical (unpaired) electrons. The monoisotopic (exact) mass is 322 g/mol. The topological polar surface area (TPSA) is 87.5 Å². The van der Waals surface area contributed by atoms with Crippen LogP contribution in [0.4, 0.5) is 13.2 Å². The second kappa shape index (κ2) is 4.96. The molecule has 1 saturated heterocycles. The molecule has 21 heavy (non-hydrogen) atoms. The number of halogens is 3. The Morgan fingerprint density at radius 3 is 2.76 bits per heavy atom. The first-order valence-electron chi connectivity index (χ1n) is 5.53. The number of nitrogens with one attached hydrogen (secondary N) is 1. The lowest BCUT2D eigenvalue weighted by atomic mass is 9.96. The molecule has 1 fully saturated rings. The van der Waals surface area contributed by atoms with Gasteiger partial charge in [-0.05, 0) is 0 Å². The van der Waals surface area contributed by atoms with Crippen LogP contribution >= 0.6 is 12.2 Å². The highest BCUT2D eigenvalue weighted by Gasteiger charge is 2.66. The van der Waals surface area contributed by atoms with E-state index in [2.05, 4.69) is 17.0 Å². The van der Waals surface area contributed by atoms with Crippen molar-refractivity contribution < 1.29 is 28.1 Å². The van der Waals surface area contributed by atoms with Crippen LogP contribution < -0.4 is 5.69 Å². The number of aromatic amines is 1. The van der Waals surface area contributed by atoms with Crippen LogP contribution in [-0.2, 0) is 4.74 Å². The standard InChI is InChI=1S/C11H9F3N2O4S/c1-2-10(13)7(18)11(14,4-17)20-8(10)16-3-5(12)6(21)15-9(16)19/h1,3,7-8,17-18H,4H2,(H,15,19,21)/t7?,8-,10-,11-/m1/s1. The van der Waals surface area contributed by atoms with Gasteiger partial charge in [0.2, 0.25) is 5.67 Å². The van der Waals surface area contributed by atoms with E-state index in [1.807, 2.05) is 4.98 Å². The maximum Gasteiger partial charge on any atom is 0.328 e. The number of hydrogen-bond donors (Lipinski definition) is 3. The molecule has 4 atom stereocenters. The number of H-pyrrole nitrogens is 1. The summed E-state index contributed by atoms with van der Waals surface area (Å²) in [4.78, 5) is 13.6. The van der Waals surface area contributed by atoms with Gasteiger partial charge in [-0.1, -0.05) is 18.1 Å². The fourth-order valence-corrected chi connectivity index (χ4v) is 2.09. The zero-order chi connectivity index (χ0) is 16.0. The second-order valence-electron chi connectivity index (χ2n) is 4.37. The van der Waals surface area contributed by atoms with Gasteiger partial charge in [-0.2, -0.15) is 0 Å². The maximum atomic E-state index is 14.6. The predicted octanol–water partition coefficient (Wildman–Crippen LogP) is -0.0657. The van der Waals surface area contributed by atoms with Crippen LogP contribution in [0.2, 0.25) is 0 Å². The number of terminal acetylenes is 1. The van der Waals surface area contributed by atoms with Crippen molar-refractivity contribution in [3.05, 3.63) is 27.1 Å². The van der Waals surface area contributed by atoms with E-state index < -0.39 is 46.6 Å². The van der Waals surface area contributed by atoms with Gasteiger partial charge >= 0.3 is 5.69 Å². The van der Waals surface area contributed by atoms with Gasteiger partial charge < -0.3 is 14.9 Å². The van der Waals surface area contributed by atoms with Crippen molar-refractivity contribution >= 4 is 12.2 Å². The molecule has 2 rings (SSSR count). The molecule has 114 valence electrons. The summed E-state index contributed by atoms with van der Waals surface area (Å²) in [5.74, 6) is -2.88. The minimum Gasteiger partial charge on any atom is -0.390 e. The molecule has 3 N–H and O–H groups in total. The highest BCUT2D eigenvalue weighted by molar-refractivity contribution is 7.71. The summed E-state index contributed by atoms with van der Waals surface area (Å²) in [5.41, 5.74) is -4.33. The second-order valence-corrected chi connectivity index (χ2v) is 4.78. The summed E-state index contributed by atoms with van der Waals surface area (Å²) >= 11 is 4.47. The molecule has 2 heterocycles. The number of ether oxygens (including phenoxy) is 1. The molecule has 10 heteroatoms. The summed E-state index contributed by atoms with van der Waals surface area (Å²) in [6, 6.07) is 0. The average molecular weight is 322 g/mol. The SMILES string of the molecule is C#C[C@@]1(F)C(O)[C@@](F)(CO)O[C@H]1n1cc(F)c(=S)[nH]c1=O. The molecular formula is C11H9F3N2O4S. The van der Waals surface area contributed by atoms with E-state index in [1.54, 1.807) is 0 Å². The fraction of sp³-hybridized carbons (Fsp3) is 0.455. The normalized spacial score (nSPS) is 35.6. The summed E-state index contributed by atoms with van der Waals surface area (Å²) in [6.45, 7) is -1.42. The Balaban J connectivity index is 2.64. The van der Waals surface area contributed by atoms with E-state index in [9.17, 15) is 23.1 Å². The highest BCUT2D eigenvalue weighted by Crippen LogP contribution is 2.46. The molecule has 0 aromatic carbocycles. The Kier molecular flexibility index (Phi) is 3.71. The number of aliphatic hydroxyl groups is 2. The molecule has 1 unspecified atom stereocenters. The van der Waals surface area contributed by atoms with Crippen molar-refractivity contribution in [2.45, 2.75) is 23.9 Å². The van der Waals surface area contributed by atoms with Crippen molar-refractivity contribution in [2.75, 3.05) is 6.61 Å². The first-order valence-corrected chi connectivity index (χ1v) is 5.93. The van der Waals surface area contributed by atoms with Crippen LogP contribution in [-0.4, -0.2) is 44.0 Å². The third kappa shape index (κ3) is 2.18. The first kappa shape index (κ1) is 15.7. The molecule has 0 spiro atoms. The van der Waals surface area contributed by atoms with Crippen LogP contribution in [0.1, 0.15) is 6.23 Å². The lowest BCUT2D eigenvalue weighted by Gasteiger charge is -2.23.